The second kappa shape index (κ2) is 9.29. The summed E-state index contributed by atoms with van der Waals surface area (Å²) in [5, 5.41) is 3.55. The lowest BCUT2D eigenvalue weighted by atomic mass is 9.99. The molecule has 0 saturated carbocycles. The Morgan fingerprint density at radius 3 is 2.70 bits per heavy atom. The number of hydrogen-bond donors (Lipinski definition) is 2. The second-order valence-electron chi connectivity index (χ2n) is 9.21. The number of hydrogen-bond acceptors (Lipinski definition) is 5. The molecule has 2 N–H and O–H groups in total. The molecule has 3 aromatic rings. The van der Waals surface area contributed by atoms with Crippen molar-refractivity contribution in [3.63, 3.8) is 0 Å². The molecule has 2 aromatic heterocycles. The number of aromatic nitrogens is 1. The number of aromatic amines is 1. The Morgan fingerprint density at radius 1 is 1.27 bits per heavy atom. The van der Waals surface area contributed by atoms with Gasteiger partial charge in [-0.3, -0.25) is 4.79 Å². The molecule has 1 amide bonds. The highest BCUT2D eigenvalue weighted by molar-refractivity contribution is 7.23. The fraction of sp³-hybridized carbons (Fsp3) is 0.417. The minimum absolute atomic E-state index is 0.0934. The van der Waals surface area contributed by atoms with E-state index in [2.05, 4.69) is 16.4 Å². The molecule has 4 rings (SSSR count). The van der Waals surface area contributed by atoms with E-state index >= 15 is 0 Å². The minimum Gasteiger partial charge on any atom is -0.458 e. The molecule has 0 bridgehead atoms. The number of halogens is 2. The molecule has 0 saturated heterocycles. The lowest BCUT2D eigenvalue weighted by Crippen LogP contribution is -2.40. The molecule has 2 heterocycles. The SMILES string of the molecule is CC(OC[C@@H]1c2ccccc2C[C@H]1NC(=O)c1cc2sc(Cl)c(Cl)c2[nH]1)C(=O)OC(C)(C)C. The van der Waals surface area contributed by atoms with Crippen molar-refractivity contribution in [1.29, 1.82) is 0 Å². The van der Waals surface area contributed by atoms with E-state index in [-0.39, 0.29) is 24.5 Å². The average Bonchev–Trinajstić information content (AvgIpc) is 3.38. The van der Waals surface area contributed by atoms with E-state index in [4.69, 9.17) is 32.7 Å². The zero-order valence-electron chi connectivity index (χ0n) is 18.8. The van der Waals surface area contributed by atoms with Gasteiger partial charge in [-0.25, -0.2) is 4.79 Å². The summed E-state index contributed by atoms with van der Waals surface area (Å²) in [4.78, 5) is 28.4. The number of nitrogens with one attached hydrogen (secondary N) is 2. The van der Waals surface area contributed by atoms with Crippen molar-refractivity contribution in [2.45, 2.75) is 57.8 Å². The van der Waals surface area contributed by atoms with Crippen LogP contribution in [0.3, 0.4) is 0 Å². The van der Waals surface area contributed by atoms with Gasteiger partial charge >= 0.3 is 5.97 Å². The van der Waals surface area contributed by atoms with Gasteiger partial charge in [0.15, 0.2) is 6.10 Å². The van der Waals surface area contributed by atoms with Crippen LogP contribution in [0, 0.1) is 0 Å². The van der Waals surface area contributed by atoms with Gasteiger partial charge < -0.3 is 19.8 Å². The Balaban J connectivity index is 1.48. The van der Waals surface area contributed by atoms with E-state index in [0.29, 0.717) is 27.0 Å². The number of carbonyl (C=O) groups excluding carboxylic acids is 2. The normalized spacial score (nSPS) is 18.8. The smallest absolute Gasteiger partial charge is 0.335 e. The number of benzene rings is 1. The van der Waals surface area contributed by atoms with E-state index in [1.807, 2.05) is 39.0 Å². The second-order valence-corrected chi connectivity index (χ2v) is 11.2. The largest absolute Gasteiger partial charge is 0.458 e. The third-order valence-corrected chi connectivity index (χ3v) is 7.51. The number of rotatable bonds is 6. The molecule has 0 spiro atoms. The number of ether oxygens (including phenoxy) is 2. The summed E-state index contributed by atoms with van der Waals surface area (Å²) in [5.41, 5.74) is 2.78. The van der Waals surface area contributed by atoms with E-state index in [0.717, 1.165) is 15.8 Å². The maximum atomic E-state index is 13.0. The van der Waals surface area contributed by atoms with Gasteiger partial charge in [-0.15, -0.1) is 11.3 Å². The first-order chi connectivity index (χ1) is 15.5. The molecule has 9 heteroatoms. The monoisotopic (exact) mass is 508 g/mol. The van der Waals surface area contributed by atoms with Crippen LogP contribution in [-0.2, 0) is 20.7 Å². The van der Waals surface area contributed by atoms with Crippen LogP contribution in [0.2, 0.25) is 9.36 Å². The molecular formula is C24H26Cl2N2O4S. The van der Waals surface area contributed by atoms with Gasteiger partial charge in [-0.2, -0.15) is 0 Å². The summed E-state index contributed by atoms with van der Waals surface area (Å²) in [6, 6.07) is 9.62. The summed E-state index contributed by atoms with van der Waals surface area (Å²) in [6.07, 6.45) is -0.0336. The van der Waals surface area contributed by atoms with Crippen molar-refractivity contribution in [3.05, 3.63) is 56.5 Å². The third kappa shape index (κ3) is 5.22. The minimum atomic E-state index is -0.713. The summed E-state index contributed by atoms with van der Waals surface area (Å²) in [5.74, 6) is -0.728. The maximum Gasteiger partial charge on any atom is 0.335 e. The number of H-pyrrole nitrogens is 1. The van der Waals surface area contributed by atoms with Gasteiger partial charge in [-0.05, 0) is 51.3 Å². The van der Waals surface area contributed by atoms with Crippen LogP contribution in [0.4, 0.5) is 0 Å². The summed E-state index contributed by atoms with van der Waals surface area (Å²) in [7, 11) is 0. The number of carbonyl (C=O) groups is 2. The molecule has 6 nitrogen and oxygen atoms in total. The van der Waals surface area contributed by atoms with Crippen molar-refractivity contribution < 1.29 is 19.1 Å². The molecule has 0 aliphatic heterocycles. The van der Waals surface area contributed by atoms with E-state index in [1.165, 1.54) is 11.3 Å². The van der Waals surface area contributed by atoms with Crippen molar-refractivity contribution in [3.8, 4) is 0 Å². The lowest BCUT2D eigenvalue weighted by molar-refractivity contribution is -0.167. The number of fused-ring (bicyclic) bond motifs is 2. The van der Waals surface area contributed by atoms with Crippen molar-refractivity contribution >= 4 is 56.6 Å². The van der Waals surface area contributed by atoms with Crippen LogP contribution in [0.1, 0.15) is 55.2 Å². The first kappa shape index (κ1) is 24.1. The first-order valence-corrected chi connectivity index (χ1v) is 12.3. The topological polar surface area (TPSA) is 80.4 Å². The highest BCUT2D eigenvalue weighted by Crippen LogP contribution is 2.39. The third-order valence-electron chi connectivity index (χ3n) is 5.58. The van der Waals surface area contributed by atoms with Crippen molar-refractivity contribution in [1.82, 2.24) is 10.3 Å². The maximum absolute atomic E-state index is 13.0. The molecule has 0 radical (unpaired) electrons. The fourth-order valence-corrected chi connectivity index (χ4v) is 5.50. The highest BCUT2D eigenvalue weighted by Gasteiger charge is 2.35. The number of thiophene rings is 1. The Kier molecular flexibility index (Phi) is 6.78. The van der Waals surface area contributed by atoms with E-state index in [1.54, 1.807) is 13.0 Å². The van der Waals surface area contributed by atoms with Gasteiger partial charge in [-0.1, -0.05) is 47.5 Å². The quantitative estimate of drug-likeness (QED) is 0.417. The van der Waals surface area contributed by atoms with Gasteiger partial charge in [0.25, 0.3) is 5.91 Å². The molecule has 1 unspecified atom stereocenters. The highest BCUT2D eigenvalue weighted by atomic mass is 35.5. The van der Waals surface area contributed by atoms with Crippen LogP contribution >= 0.6 is 34.5 Å². The van der Waals surface area contributed by atoms with Gasteiger partial charge in [0.05, 0.1) is 21.8 Å². The van der Waals surface area contributed by atoms with Crippen LogP contribution < -0.4 is 5.32 Å². The van der Waals surface area contributed by atoms with Crippen LogP contribution in [0.15, 0.2) is 30.3 Å². The van der Waals surface area contributed by atoms with Crippen LogP contribution in [0.25, 0.3) is 10.2 Å². The van der Waals surface area contributed by atoms with E-state index in [9.17, 15) is 9.59 Å². The zero-order valence-corrected chi connectivity index (χ0v) is 21.2. The lowest BCUT2D eigenvalue weighted by Gasteiger charge is -2.25. The molecule has 176 valence electrons. The number of esters is 1. The molecular weight excluding hydrogens is 483 g/mol. The molecule has 1 aliphatic rings. The van der Waals surface area contributed by atoms with E-state index < -0.39 is 17.7 Å². The summed E-state index contributed by atoms with van der Waals surface area (Å²) < 4.78 is 12.6. The fourth-order valence-electron chi connectivity index (χ4n) is 4.02. The molecule has 0 fully saturated rings. The Bertz CT molecular complexity index is 1200. The first-order valence-electron chi connectivity index (χ1n) is 10.7. The van der Waals surface area contributed by atoms with Crippen molar-refractivity contribution in [2.75, 3.05) is 6.61 Å². The summed E-state index contributed by atoms with van der Waals surface area (Å²) >= 11 is 13.6. The molecule has 33 heavy (non-hydrogen) atoms. The number of amides is 1. The summed E-state index contributed by atoms with van der Waals surface area (Å²) in [6.45, 7) is 7.43. The van der Waals surface area contributed by atoms with Crippen molar-refractivity contribution in [2.24, 2.45) is 0 Å². The Hall–Kier alpha value is -2.06. The van der Waals surface area contributed by atoms with Crippen LogP contribution in [0.5, 0.6) is 0 Å². The standard InChI is InChI=1S/C24H26Cl2N2O4S/c1-12(23(30)32-24(2,3)4)31-11-15-14-8-6-5-7-13(14)9-16(15)28-22(29)17-10-18-20(27-17)19(25)21(26)33-18/h5-8,10,12,15-16,27H,9,11H2,1-4H3,(H,28,29)/t12?,15-,16-/m1/s1. The molecule has 1 aromatic carbocycles. The van der Waals surface area contributed by atoms with Gasteiger partial charge in [0, 0.05) is 12.0 Å². The average molecular weight is 509 g/mol. The van der Waals surface area contributed by atoms with Gasteiger partial charge in [0.1, 0.15) is 15.6 Å². The zero-order chi connectivity index (χ0) is 23.9. The Labute approximate surface area is 206 Å². The predicted octanol–water partition coefficient (Wildman–Crippen LogP) is 5.72. The molecule has 1 aliphatic carbocycles. The van der Waals surface area contributed by atoms with Gasteiger partial charge in [0.2, 0.25) is 0 Å². The predicted molar refractivity (Wildman–Crippen MR) is 132 cm³/mol. The molecule has 3 atom stereocenters. The Morgan fingerprint density at radius 2 is 2.00 bits per heavy atom. The van der Waals surface area contributed by atoms with Crippen LogP contribution in [-0.4, -0.2) is 41.2 Å².